The zero-order chi connectivity index (χ0) is 18.1. The van der Waals surface area contributed by atoms with E-state index in [-0.39, 0.29) is 23.1 Å². The third-order valence-electron chi connectivity index (χ3n) is 4.38. The highest BCUT2D eigenvalue weighted by molar-refractivity contribution is 8.00. The molecule has 2 aromatic rings. The number of rotatable bonds is 4. The van der Waals surface area contributed by atoms with E-state index in [0.29, 0.717) is 11.0 Å². The molecule has 1 aliphatic heterocycles. The Hall–Kier alpha value is -2.08. The summed E-state index contributed by atoms with van der Waals surface area (Å²) < 4.78 is 0. The molecule has 0 bridgehead atoms. The van der Waals surface area contributed by atoms with Gasteiger partial charge in [0.2, 0.25) is 5.91 Å². The highest BCUT2D eigenvalue weighted by atomic mass is 32.2. The van der Waals surface area contributed by atoms with Gasteiger partial charge in [0.15, 0.2) is 5.16 Å². The molecule has 6 heteroatoms. The summed E-state index contributed by atoms with van der Waals surface area (Å²) in [5.41, 5.74) is 8.90. The largest absolute Gasteiger partial charge is 0.384 e. The van der Waals surface area contributed by atoms with Gasteiger partial charge in [0.25, 0.3) is 0 Å². The highest BCUT2D eigenvalue weighted by Crippen LogP contribution is 2.36. The summed E-state index contributed by atoms with van der Waals surface area (Å²) in [7, 11) is 0. The number of amides is 1. The van der Waals surface area contributed by atoms with E-state index in [1.54, 1.807) is 6.07 Å². The second-order valence-electron chi connectivity index (χ2n) is 6.89. The van der Waals surface area contributed by atoms with Crippen molar-refractivity contribution in [2.45, 2.75) is 50.6 Å². The predicted molar refractivity (Wildman–Crippen MR) is 103 cm³/mol. The average molecular weight is 356 g/mol. The lowest BCUT2D eigenvalue weighted by atomic mass is 10.1. The SMILES string of the molecule is Cc1cc(N)nc(S[C@H](C(=O)N2c3ccccc3C[C@H]2C)C(C)C)n1. The maximum Gasteiger partial charge on any atom is 0.241 e. The number of nitrogens with two attached hydrogens (primary N) is 1. The van der Waals surface area contributed by atoms with E-state index < -0.39 is 0 Å². The fraction of sp³-hybridized carbons (Fsp3) is 0.421. The topological polar surface area (TPSA) is 72.1 Å². The summed E-state index contributed by atoms with van der Waals surface area (Å²) in [6.07, 6.45) is 0.894. The average Bonchev–Trinajstić information content (AvgIpc) is 2.86. The quantitative estimate of drug-likeness (QED) is 0.671. The zero-order valence-electron chi connectivity index (χ0n) is 15.1. The number of aryl methyl sites for hydroxylation is 1. The molecule has 0 fully saturated rings. The minimum Gasteiger partial charge on any atom is -0.384 e. The van der Waals surface area contributed by atoms with Gasteiger partial charge in [0, 0.05) is 23.5 Å². The number of thioether (sulfide) groups is 1. The van der Waals surface area contributed by atoms with E-state index in [1.807, 2.05) is 30.0 Å². The molecule has 0 unspecified atom stereocenters. The first kappa shape index (κ1) is 17.7. The summed E-state index contributed by atoms with van der Waals surface area (Å²) in [6, 6.07) is 10.0. The van der Waals surface area contributed by atoms with Gasteiger partial charge in [-0.05, 0) is 37.8 Å². The molecule has 25 heavy (non-hydrogen) atoms. The first-order valence-electron chi connectivity index (χ1n) is 8.55. The number of fused-ring (bicyclic) bond motifs is 1. The second kappa shape index (κ2) is 7.04. The lowest BCUT2D eigenvalue weighted by Gasteiger charge is -2.29. The summed E-state index contributed by atoms with van der Waals surface area (Å²) in [4.78, 5) is 24.0. The van der Waals surface area contributed by atoms with Crippen molar-refractivity contribution < 1.29 is 4.79 Å². The normalized spacial score (nSPS) is 17.6. The Kier molecular flexibility index (Phi) is 4.99. The molecule has 1 aromatic heterocycles. The second-order valence-corrected chi connectivity index (χ2v) is 8.00. The van der Waals surface area contributed by atoms with E-state index in [2.05, 4.69) is 36.8 Å². The van der Waals surface area contributed by atoms with Crippen LogP contribution in [0.3, 0.4) is 0 Å². The van der Waals surface area contributed by atoms with Crippen LogP contribution in [0, 0.1) is 12.8 Å². The van der Waals surface area contributed by atoms with Gasteiger partial charge >= 0.3 is 0 Å². The molecule has 0 saturated carbocycles. The molecule has 2 N–H and O–H groups in total. The molecule has 1 aromatic carbocycles. The fourth-order valence-corrected chi connectivity index (χ4v) is 4.31. The number of hydrogen-bond donors (Lipinski definition) is 1. The standard InChI is InChI=1S/C19H24N4OS/c1-11(2)17(25-19-21-12(3)9-16(20)22-19)18(24)23-13(4)10-14-7-5-6-8-15(14)23/h5-9,11,13,17H,10H2,1-4H3,(H2,20,21,22)/t13-,17+/m1/s1. The molecule has 0 radical (unpaired) electrons. The van der Waals surface area contributed by atoms with Crippen LogP contribution in [0.5, 0.6) is 0 Å². The number of nitrogens with zero attached hydrogens (tertiary/aromatic N) is 3. The first-order valence-corrected chi connectivity index (χ1v) is 9.43. The van der Waals surface area contributed by atoms with Crippen LogP contribution in [-0.2, 0) is 11.2 Å². The van der Waals surface area contributed by atoms with Crippen LogP contribution in [0.2, 0.25) is 0 Å². The number of nitrogen functional groups attached to an aromatic ring is 1. The maximum absolute atomic E-state index is 13.4. The number of benzene rings is 1. The fourth-order valence-electron chi connectivity index (χ4n) is 3.24. The molecular weight excluding hydrogens is 332 g/mol. The third kappa shape index (κ3) is 3.63. The van der Waals surface area contributed by atoms with Crippen molar-refractivity contribution in [2.24, 2.45) is 5.92 Å². The molecule has 2 atom stereocenters. The Morgan fingerprint density at radius 1 is 1.32 bits per heavy atom. The molecular formula is C19H24N4OS. The maximum atomic E-state index is 13.4. The van der Waals surface area contributed by atoms with Gasteiger partial charge in [-0.1, -0.05) is 43.8 Å². The smallest absolute Gasteiger partial charge is 0.241 e. The first-order chi connectivity index (χ1) is 11.9. The van der Waals surface area contributed by atoms with E-state index >= 15 is 0 Å². The van der Waals surface area contributed by atoms with E-state index in [4.69, 9.17) is 5.73 Å². The van der Waals surface area contributed by atoms with Crippen molar-refractivity contribution in [3.8, 4) is 0 Å². The van der Waals surface area contributed by atoms with Crippen molar-refractivity contribution >= 4 is 29.2 Å². The van der Waals surface area contributed by atoms with Crippen LogP contribution in [0.25, 0.3) is 0 Å². The van der Waals surface area contributed by atoms with Crippen molar-refractivity contribution in [3.63, 3.8) is 0 Å². The summed E-state index contributed by atoms with van der Waals surface area (Å²) >= 11 is 1.40. The molecule has 1 aliphatic rings. The third-order valence-corrected chi connectivity index (χ3v) is 5.77. The Morgan fingerprint density at radius 3 is 2.72 bits per heavy atom. The minimum absolute atomic E-state index is 0.112. The van der Waals surface area contributed by atoms with Crippen molar-refractivity contribution in [1.29, 1.82) is 0 Å². The zero-order valence-corrected chi connectivity index (χ0v) is 15.9. The Bertz CT molecular complexity index is 772. The van der Waals surface area contributed by atoms with Gasteiger partial charge in [-0.3, -0.25) is 4.79 Å². The monoisotopic (exact) mass is 356 g/mol. The molecule has 0 saturated heterocycles. The van der Waals surface area contributed by atoms with Crippen LogP contribution in [0.15, 0.2) is 35.5 Å². The molecule has 1 amide bonds. The van der Waals surface area contributed by atoms with Gasteiger partial charge in [0.05, 0.1) is 5.25 Å². The van der Waals surface area contributed by atoms with Gasteiger partial charge in [-0.15, -0.1) is 0 Å². The van der Waals surface area contributed by atoms with Gasteiger partial charge in [0.1, 0.15) is 5.82 Å². The molecule has 5 nitrogen and oxygen atoms in total. The number of aromatic nitrogens is 2. The van der Waals surface area contributed by atoms with Crippen molar-refractivity contribution in [3.05, 3.63) is 41.6 Å². The number of hydrogen-bond acceptors (Lipinski definition) is 5. The van der Waals surface area contributed by atoms with Crippen LogP contribution < -0.4 is 10.6 Å². The van der Waals surface area contributed by atoms with E-state index in [0.717, 1.165) is 17.8 Å². The minimum atomic E-state index is -0.255. The number of anilines is 2. The van der Waals surface area contributed by atoms with Gasteiger partial charge < -0.3 is 10.6 Å². The Balaban J connectivity index is 1.89. The highest BCUT2D eigenvalue weighted by Gasteiger charge is 2.36. The number of carbonyl (C=O) groups is 1. The predicted octanol–water partition coefficient (Wildman–Crippen LogP) is 3.46. The Morgan fingerprint density at radius 2 is 2.04 bits per heavy atom. The molecule has 132 valence electrons. The summed E-state index contributed by atoms with van der Waals surface area (Å²) in [5.74, 6) is 0.703. The summed E-state index contributed by atoms with van der Waals surface area (Å²) in [6.45, 7) is 8.09. The summed E-state index contributed by atoms with van der Waals surface area (Å²) in [5, 5.41) is 0.305. The van der Waals surface area contributed by atoms with Gasteiger partial charge in [-0.25, -0.2) is 9.97 Å². The lowest BCUT2D eigenvalue weighted by Crippen LogP contribution is -2.43. The van der Waals surface area contributed by atoms with Crippen LogP contribution in [0.1, 0.15) is 32.0 Å². The van der Waals surface area contributed by atoms with Gasteiger partial charge in [-0.2, -0.15) is 0 Å². The van der Waals surface area contributed by atoms with E-state index in [1.165, 1.54) is 17.3 Å². The Labute approximate surface area is 153 Å². The number of carbonyl (C=O) groups excluding carboxylic acids is 1. The van der Waals surface area contributed by atoms with Crippen LogP contribution in [0.4, 0.5) is 11.5 Å². The molecule has 0 aliphatic carbocycles. The lowest BCUT2D eigenvalue weighted by molar-refractivity contribution is -0.119. The van der Waals surface area contributed by atoms with Crippen molar-refractivity contribution in [2.75, 3.05) is 10.6 Å². The number of para-hydroxylation sites is 1. The molecule has 3 rings (SSSR count). The van der Waals surface area contributed by atoms with Crippen molar-refractivity contribution in [1.82, 2.24) is 9.97 Å². The molecule has 0 spiro atoms. The van der Waals surface area contributed by atoms with E-state index in [9.17, 15) is 4.79 Å². The molecule has 2 heterocycles. The van der Waals surface area contributed by atoms with Crippen LogP contribution >= 0.6 is 11.8 Å². The van der Waals surface area contributed by atoms with Crippen LogP contribution in [-0.4, -0.2) is 27.2 Å².